The van der Waals surface area contributed by atoms with Crippen LogP contribution < -0.4 is 5.32 Å². The molecule has 5 nitrogen and oxygen atoms in total. The Labute approximate surface area is 145 Å². The van der Waals surface area contributed by atoms with Gasteiger partial charge in [0.2, 0.25) is 0 Å². The number of aromatic carboxylic acids is 1. The van der Waals surface area contributed by atoms with Gasteiger partial charge in [-0.2, -0.15) is 0 Å². The van der Waals surface area contributed by atoms with Crippen molar-refractivity contribution in [3.05, 3.63) is 33.8 Å². The smallest absolute Gasteiger partial charge is 0.335 e. The monoisotopic (exact) mass is 382 g/mol. The maximum atomic E-state index is 12.4. The average Bonchev–Trinajstić information content (AvgIpc) is 2.46. The zero-order valence-electron chi connectivity index (χ0n) is 13.7. The standard InChI is InChI=1S/C17H23BrN2O3/c1-17(2,3)20-6-4-14(5-7-20)19-15(21)11-8-12(16(22)23)10-13(18)9-11/h8-10,14H,4-7H2,1-3H3,(H,19,21)(H,22,23). The van der Waals surface area contributed by atoms with Crippen molar-refractivity contribution in [1.82, 2.24) is 10.2 Å². The summed E-state index contributed by atoms with van der Waals surface area (Å²) in [5.74, 6) is -1.26. The van der Waals surface area contributed by atoms with Gasteiger partial charge in [-0.1, -0.05) is 15.9 Å². The number of hydrogen-bond donors (Lipinski definition) is 2. The number of carbonyl (C=O) groups excluding carboxylic acids is 1. The first-order valence-electron chi connectivity index (χ1n) is 7.76. The predicted molar refractivity (Wildman–Crippen MR) is 92.9 cm³/mol. The van der Waals surface area contributed by atoms with Crippen LogP contribution in [0.25, 0.3) is 0 Å². The summed E-state index contributed by atoms with van der Waals surface area (Å²) < 4.78 is 0.588. The molecular weight excluding hydrogens is 360 g/mol. The number of hydrogen-bond acceptors (Lipinski definition) is 3. The molecule has 1 aromatic carbocycles. The van der Waals surface area contributed by atoms with Crippen LogP contribution >= 0.6 is 15.9 Å². The van der Waals surface area contributed by atoms with E-state index in [0.29, 0.717) is 10.0 Å². The summed E-state index contributed by atoms with van der Waals surface area (Å²) in [5.41, 5.74) is 0.623. The third kappa shape index (κ3) is 4.78. The molecule has 0 aliphatic carbocycles. The van der Waals surface area contributed by atoms with Gasteiger partial charge >= 0.3 is 5.97 Å². The zero-order chi connectivity index (χ0) is 17.2. The lowest BCUT2D eigenvalue weighted by molar-refractivity contribution is 0.0696. The Morgan fingerprint density at radius 1 is 1.17 bits per heavy atom. The lowest BCUT2D eigenvalue weighted by Gasteiger charge is -2.41. The van der Waals surface area contributed by atoms with Gasteiger partial charge in [-0.3, -0.25) is 9.69 Å². The third-order valence-electron chi connectivity index (χ3n) is 4.19. The summed E-state index contributed by atoms with van der Waals surface area (Å²) in [4.78, 5) is 25.9. The van der Waals surface area contributed by atoms with Gasteiger partial charge in [-0.25, -0.2) is 4.79 Å². The number of piperidine rings is 1. The first-order valence-corrected chi connectivity index (χ1v) is 8.56. The largest absolute Gasteiger partial charge is 0.478 e. The Balaban J connectivity index is 2.00. The minimum atomic E-state index is -1.04. The highest BCUT2D eigenvalue weighted by molar-refractivity contribution is 9.10. The summed E-state index contributed by atoms with van der Waals surface area (Å²) in [6.45, 7) is 8.49. The number of nitrogens with zero attached hydrogens (tertiary/aromatic N) is 1. The van der Waals surface area contributed by atoms with Crippen LogP contribution in [0.4, 0.5) is 0 Å². The van der Waals surface area contributed by atoms with Crippen LogP contribution in [0.5, 0.6) is 0 Å². The Morgan fingerprint density at radius 2 is 1.74 bits per heavy atom. The number of rotatable bonds is 3. The van der Waals surface area contributed by atoms with Gasteiger partial charge < -0.3 is 10.4 Å². The van der Waals surface area contributed by atoms with E-state index in [2.05, 4.69) is 46.9 Å². The topological polar surface area (TPSA) is 69.6 Å². The summed E-state index contributed by atoms with van der Waals surface area (Å²) in [7, 11) is 0. The second kappa shape index (κ2) is 7.01. The van der Waals surface area contributed by atoms with E-state index in [1.165, 1.54) is 12.1 Å². The van der Waals surface area contributed by atoms with Crippen molar-refractivity contribution in [2.24, 2.45) is 0 Å². The lowest BCUT2D eigenvalue weighted by atomic mass is 9.98. The molecule has 0 atom stereocenters. The van der Waals surface area contributed by atoms with E-state index in [0.717, 1.165) is 25.9 Å². The highest BCUT2D eigenvalue weighted by atomic mass is 79.9. The van der Waals surface area contributed by atoms with E-state index in [4.69, 9.17) is 5.11 Å². The van der Waals surface area contributed by atoms with Crippen molar-refractivity contribution in [3.63, 3.8) is 0 Å². The molecular formula is C17H23BrN2O3. The Bertz CT molecular complexity index is 602. The van der Waals surface area contributed by atoms with Crippen LogP contribution in [0.2, 0.25) is 0 Å². The van der Waals surface area contributed by atoms with E-state index in [1.54, 1.807) is 6.07 Å². The van der Waals surface area contributed by atoms with Crippen molar-refractivity contribution < 1.29 is 14.7 Å². The third-order valence-corrected chi connectivity index (χ3v) is 4.64. The Kier molecular flexibility index (Phi) is 5.47. The van der Waals surface area contributed by atoms with Gasteiger partial charge in [0.05, 0.1) is 5.56 Å². The lowest BCUT2D eigenvalue weighted by Crippen LogP contribution is -2.50. The van der Waals surface area contributed by atoms with Gasteiger partial charge in [0.25, 0.3) is 5.91 Å². The van der Waals surface area contributed by atoms with E-state index >= 15 is 0 Å². The Morgan fingerprint density at radius 3 is 2.26 bits per heavy atom. The van der Waals surface area contributed by atoms with Gasteiger partial charge in [-0.05, 0) is 51.8 Å². The molecule has 0 unspecified atom stereocenters. The molecule has 0 aromatic heterocycles. The second-order valence-electron chi connectivity index (χ2n) is 6.94. The molecule has 1 amide bonds. The molecule has 6 heteroatoms. The van der Waals surface area contributed by atoms with Crippen molar-refractivity contribution in [2.75, 3.05) is 13.1 Å². The van der Waals surface area contributed by atoms with Crippen LogP contribution in [0.1, 0.15) is 54.3 Å². The predicted octanol–water partition coefficient (Wildman–Crippen LogP) is 3.14. The summed E-state index contributed by atoms with van der Waals surface area (Å²) in [5, 5.41) is 12.1. The van der Waals surface area contributed by atoms with E-state index in [-0.39, 0.29) is 23.1 Å². The molecule has 1 aromatic rings. The van der Waals surface area contributed by atoms with Crippen LogP contribution in [0, 0.1) is 0 Å². The first-order chi connectivity index (χ1) is 10.7. The second-order valence-corrected chi connectivity index (χ2v) is 7.86. The maximum Gasteiger partial charge on any atom is 0.335 e. The van der Waals surface area contributed by atoms with Crippen molar-refractivity contribution >= 4 is 27.8 Å². The van der Waals surface area contributed by atoms with Crippen molar-refractivity contribution in [3.8, 4) is 0 Å². The number of halogens is 1. The minimum absolute atomic E-state index is 0.104. The molecule has 1 fully saturated rings. The molecule has 1 aliphatic rings. The summed E-state index contributed by atoms with van der Waals surface area (Å²) in [6, 6.07) is 4.67. The fourth-order valence-corrected chi connectivity index (χ4v) is 3.30. The number of benzene rings is 1. The molecule has 23 heavy (non-hydrogen) atoms. The highest BCUT2D eigenvalue weighted by Gasteiger charge is 2.27. The molecule has 0 bridgehead atoms. The summed E-state index contributed by atoms with van der Waals surface area (Å²) >= 11 is 3.25. The number of carboxylic acid groups (broad SMARTS) is 1. The van der Waals surface area contributed by atoms with Gasteiger partial charge in [0.15, 0.2) is 0 Å². The normalized spacial score (nSPS) is 17.0. The molecule has 1 aliphatic heterocycles. The number of nitrogens with one attached hydrogen (secondary N) is 1. The zero-order valence-corrected chi connectivity index (χ0v) is 15.3. The molecule has 126 valence electrons. The fraction of sp³-hybridized carbons (Fsp3) is 0.529. The quantitative estimate of drug-likeness (QED) is 0.842. The Hall–Kier alpha value is -1.40. The number of amides is 1. The van der Waals surface area contributed by atoms with Gasteiger partial charge in [0.1, 0.15) is 0 Å². The number of carbonyl (C=O) groups is 2. The molecule has 1 heterocycles. The van der Waals surface area contributed by atoms with Gasteiger partial charge in [0, 0.05) is 34.7 Å². The van der Waals surface area contributed by atoms with E-state index < -0.39 is 5.97 Å². The number of likely N-dealkylation sites (tertiary alicyclic amines) is 1. The van der Waals surface area contributed by atoms with Gasteiger partial charge in [-0.15, -0.1) is 0 Å². The molecule has 0 spiro atoms. The molecule has 1 saturated heterocycles. The highest BCUT2D eigenvalue weighted by Crippen LogP contribution is 2.21. The average molecular weight is 383 g/mol. The SMILES string of the molecule is CC(C)(C)N1CCC(NC(=O)c2cc(Br)cc(C(=O)O)c2)CC1. The van der Waals surface area contributed by atoms with E-state index in [9.17, 15) is 9.59 Å². The maximum absolute atomic E-state index is 12.4. The van der Waals surface area contributed by atoms with Crippen LogP contribution in [-0.4, -0.2) is 46.6 Å². The van der Waals surface area contributed by atoms with Crippen molar-refractivity contribution in [1.29, 1.82) is 0 Å². The number of carboxylic acids is 1. The molecule has 0 saturated carbocycles. The first kappa shape index (κ1) is 17.9. The molecule has 2 rings (SSSR count). The van der Waals surface area contributed by atoms with Crippen LogP contribution in [0.3, 0.4) is 0 Å². The van der Waals surface area contributed by atoms with Crippen molar-refractivity contribution in [2.45, 2.75) is 45.2 Å². The minimum Gasteiger partial charge on any atom is -0.478 e. The molecule has 2 N–H and O–H groups in total. The van der Waals surface area contributed by atoms with Crippen LogP contribution in [-0.2, 0) is 0 Å². The van der Waals surface area contributed by atoms with E-state index in [1.807, 2.05) is 0 Å². The summed E-state index contributed by atoms with van der Waals surface area (Å²) in [6.07, 6.45) is 1.81. The van der Waals surface area contributed by atoms with Crippen LogP contribution in [0.15, 0.2) is 22.7 Å². The molecule has 0 radical (unpaired) electrons. The fourth-order valence-electron chi connectivity index (χ4n) is 2.81.